The Morgan fingerprint density at radius 1 is 0.276 bits per heavy atom. The number of fused-ring (bicyclic) bond motifs is 5. The number of hydrogen-bond acceptors (Lipinski definition) is 2. The van der Waals surface area contributed by atoms with E-state index in [-0.39, 0.29) is 0 Å². The summed E-state index contributed by atoms with van der Waals surface area (Å²) in [4.78, 5) is 2.39. The molecule has 0 amide bonds. The van der Waals surface area contributed by atoms with Crippen LogP contribution in [0.2, 0.25) is 0 Å². The van der Waals surface area contributed by atoms with Crippen molar-refractivity contribution in [3.05, 3.63) is 224 Å². The molecule has 11 rings (SSSR count). The van der Waals surface area contributed by atoms with E-state index in [1.54, 1.807) is 0 Å². The monoisotopic (exact) mass is 739 g/mol. The molecule has 0 bridgehead atoms. The molecule has 0 radical (unpaired) electrons. The van der Waals surface area contributed by atoms with Gasteiger partial charge in [-0.05, 0) is 103 Å². The van der Waals surface area contributed by atoms with Crippen molar-refractivity contribution in [3.63, 3.8) is 0 Å². The third kappa shape index (κ3) is 5.74. The minimum Gasteiger partial charge on any atom is -0.456 e. The van der Waals surface area contributed by atoms with Crippen molar-refractivity contribution in [2.45, 2.75) is 0 Å². The van der Waals surface area contributed by atoms with Crippen LogP contribution < -0.4 is 4.90 Å². The highest BCUT2D eigenvalue weighted by Gasteiger charge is 2.21. The molecule has 11 aromatic rings. The number of rotatable bonds is 7. The molecule has 1 heterocycles. The predicted molar refractivity (Wildman–Crippen MR) is 245 cm³/mol. The van der Waals surface area contributed by atoms with Gasteiger partial charge in [0, 0.05) is 27.7 Å². The van der Waals surface area contributed by atoms with E-state index in [1.165, 1.54) is 54.9 Å². The van der Waals surface area contributed by atoms with Crippen LogP contribution in [0.1, 0.15) is 0 Å². The number of anilines is 3. The third-order valence-electron chi connectivity index (χ3n) is 11.5. The molecule has 10 aromatic carbocycles. The number of nitrogens with zero attached hydrogens (tertiary/aromatic N) is 1. The Bertz CT molecular complexity index is 3270. The van der Waals surface area contributed by atoms with Crippen molar-refractivity contribution in [2.24, 2.45) is 0 Å². The summed E-state index contributed by atoms with van der Waals surface area (Å²) >= 11 is 0. The van der Waals surface area contributed by atoms with Gasteiger partial charge in [-0.25, -0.2) is 0 Å². The minimum atomic E-state index is 0.883. The van der Waals surface area contributed by atoms with Crippen LogP contribution in [0.15, 0.2) is 229 Å². The second kappa shape index (κ2) is 14.1. The Morgan fingerprint density at radius 2 is 0.724 bits per heavy atom. The molecule has 0 aliphatic carbocycles. The first-order valence-corrected chi connectivity index (χ1v) is 19.8. The van der Waals surface area contributed by atoms with Gasteiger partial charge in [0.25, 0.3) is 0 Å². The van der Waals surface area contributed by atoms with Gasteiger partial charge >= 0.3 is 0 Å². The molecule has 0 spiro atoms. The lowest BCUT2D eigenvalue weighted by molar-refractivity contribution is 0.669. The van der Waals surface area contributed by atoms with Gasteiger partial charge in [-0.15, -0.1) is 0 Å². The first-order chi connectivity index (χ1) is 28.8. The zero-order chi connectivity index (χ0) is 38.4. The van der Waals surface area contributed by atoms with E-state index in [9.17, 15) is 0 Å². The summed E-state index contributed by atoms with van der Waals surface area (Å²) in [5.74, 6) is 0. The molecule has 0 aliphatic heterocycles. The van der Waals surface area contributed by atoms with Crippen LogP contribution in [0, 0.1) is 0 Å². The molecule has 0 N–H and O–H groups in total. The molecule has 2 heteroatoms. The summed E-state index contributed by atoms with van der Waals surface area (Å²) < 4.78 is 6.38. The van der Waals surface area contributed by atoms with Gasteiger partial charge < -0.3 is 9.32 Å². The van der Waals surface area contributed by atoms with Crippen LogP contribution in [0.5, 0.6) is 0 Å². The van der Waals surface area contributed by atoms with Crippen molar-refractivity contribution >= 4 is 60.5 Å². The van der Waals surface area contributed by atoms with Crippen molar-refractivity contribution in [3.8, 4) is 44.5 Å². The van der Waals surface area contributed by atoms with E-state index >= 15 is 0 Å². The number of para-hydroxylation sites is 2. The fraction of sp³-hybridized carbons (Fsp3) is 0. The molecule has 2 nitrogen and oxygen atoms in total. The molecule has 0 aliphatic rings. The predicted octanol–water partition coefficient (Wildman–Crippen LogP) is 16.0. The summed E-state index contributed by atoms with van der Waals surface area (Å²) in [6.45, 7) is 0. The SMILES string of the molecule is c1ccc(-c2cccc3ccccc23)c(-c2ccc(N(c3ccc(-c4cccc5ccccc45)cc3)c3ccccc3-c3cccc4oc5ccccc5c34)cc2)c1. The quantitative estimate of drug-likeness (QED) is 0.162. The second-order valence-electron chi connectivity index (χ2n) is 14.8. The van der Waals surface area contributed by atoms with Gasteiger partial charge in [-0.3, -0.25) is 0 Å². The molecule has 0 unspecified atom stereocenters. The van der Waals surface area contributed by atoms with Crippen LogP contribution >= 0.6 is 0 Å². The van der Waals surface area contributed by atoms with Gasteiger partial charge in [0.1, 0.15) is 11.2 Å². The Labute approximate surface area is 337 Å². The van der Waals surface area contributed by atoms with Gasteiger partial charge in [-0.1, -0.05) is 182 Å². The van der Waals surface area contributed by atoms with Gasteiger partial charge in [-0.2, -0.15) is 0 Å². The van der Waals surface area contributed by atoms with Gasteiger partial charge in [0.2, 0.25) is 0 Å². The summed E-state index contributed by atoms with van der Waals surface area (Å²) in [6.07, 6.45) is 0. The Kier molecular flexibility index (Phi) is 8.19. The van der Waals surface area contributed by atoms with E-state index in [0.717, 1.165) is 50.1 Å². The highest BCUT2D eigenvalue weighted by molar-refractivity contribution is 6.14. The normalized spacial score (nSPS) is 11.4. The number of benzene rings is 10. The minimum absolute atomic E-state index is 0.883. The Hall–Kier alpha value is -7.68. The second-order valence-corrected chi connectivity index (χ2v) is 14.8. The standard InChI is InChI=1S/C56H37NO/c1-3-18-44-38(14-1)16-11-24-45(44)40-30-34-42(35-31-40)57(53-27-9-7-22-50(53)51-26-13-29-55-56(51)52-23-8-10-28-54(52)58-55)43-36-32-41(33-37-43)47-20-5-6-21-48(47)49-25-12-17-39-15-2-4-19-46(39)49/h1-37H. The van der Waals surface area contributed by atoms with Crippen LogP contribution in [0.3, 0.4) is 0 Å². The van der Waals surface area contributed by atoms with Crippen LogP contribution in [0.4, 0.5) is 17.1 Å². The first kappa shape index (κ1) is 33.6. The molecule has 0 saturated heterocycles. The molecule has 1 aromatic heterocycles. The van der Waals surface area contributed by atoms with E-state index in [1.807, 2.05) is 6.07 Å². The van der Waals surface area contributed by atoms with Crippen LogP contribution in [0.25, 0.3) is 88.0 Å². The summed E-state index contributed by atoms with van der Waals surface area (Å²) in [5.41, 5.74) is 14.5. The smallest absolute Gasteiger partial charge is 0.136 e. The van der Waals surface area contributed by atoms with Crippen molar-refractivity contribution < 1.29 is 4.42 Å². The third-order valence-corrected chi connectivity index (χ3v) is 11.5. The summed E-state index contributed by atoms with van der Waals surface area (Å²) in [6, 6.07) is 80.7. The zero-order valence-electron chi connectivity index (χ0n) is 31.7. The first-order valence-electron chi connectivity index (χ1n) is 19.8. The molecule has 58 heavy (non-hydrogen) atoms. The van der Waals surface area contributed by atoms with Gasteiger partial charge in [0.05, 0.1) is 5.69 Å². The molecular formula is C56H37NO. The van der Waals surface area contributed by atoms with Crippen molar-refractivity contribution in [2.75, 3.05) is 4.90 Å². The largest absolute Gasteiger partial charge is 0.456 e. The number of furan rings is 1. The fourth-order valence-corrected chi connectivity index (χ4v) is 8.81. The van der Waals surface area contributed by atoms with Gasteiger partial charge in [0.15, 0.2) is 0 Å². The number of hydrogen-bond donors (Lipinski definition) is 0. The Balaban J connectivity index is 1.07. The van der Waals surface area contributed by atoms with E-state index in [2.05, 4.69) is 223 Å². The zero-order valence-corrected chi connectivity index (χ0v) is 31.7. The fourth-order valence-electron chi connectivity index (χ4n) is 8.81. The topological polar surface area (TPSA) is 16.4 Å². The lowest BCUT2D eigenvalue weighted by Gasteiger charge is -2.28. The maximum Gasteiger partial charge on any atom is 0.136 e. The maximum atomic E-state index is 6.38. The molecule has 0 fully saturated rings. The van der Waals surface area contributed by atoms with Crippen molar-refractivity contribution in [1.82, 2.24) is 0 Å². The Morgan fingerprint density at radius 3 is 1.43 bits per heavy atom. The van der Waals surface area contributed by atoms with E-state index in [0.29, 0.717) is 0 Å². The molecule has 0 atom stereocenters. The lowest BCUT2D eigenvalue weighted by atomic mass is 9.91. The molecule has 272 valence electrons. The summed E-state index contributed by atoms with van der Waals surface area (Å²) in [5, 5.41) is 7.22. The lowest BCUT2D eigenvalue weighted by Crippen LogP contribution is -2.11. The van der Waals surface area contributed by atoms with Crippen LogP contribution in [-0.2, 0) is 0 Å². The van der Waals surface area contributed by atoms with E-state index < -0.39 is 0 Å². The van der Waals surface area contributed by atoms with Crippen molar-refractivity contribution in [1.29, 1.82) is 0 Å². The average molecular weight is 740 g/mol. The summed E-state index contributed by atoms with van der Waals surface area (Å²) in [7, 11) is 0. The van der Waals surface area contributed by atoms with Crippen LogP contribution in [-0.4, -0.2) is 0 Å². The molecule has 0 saturated carbocycles. The highest BCUT2D eigenvalue weighted by Crippen LogP contribution is 2.46. The highest BCUT2D eigenvalue weighted by atomic mass is 16.3. The van der Waals surface area contributed by atoms with E-state index in [4.69, 9.17) is 4.42 Å². The molecular weight excluding hydrogens is 703 g/mol. The average Bonchev–Trinajstić information content (AvgIpc) is 3.69. The maximum absolute atomic E-state index is 6.38.